The molecule has 0 atom stereocenters. The summed E-state index contributed by atoms with van der Waals surface area (Å²) in [6, 6.07) is 0. The summed E-state index contributed by atoms with van der Waals surface area (Å²) in [4.78, 5) is 2.42. The third-order valence-corrected chi connectivity index (χ3v) is 2.00. The van der Waals surface area contributed by atoms with Gasteiger partial charge in [0, 0.05) is 0 Å². The van der Waals surface area contributed by atoms with Gasteiger partial charge in [-0.1, -0.05) is 20.4 Å². The minimum atomic E-state index is 0.810. The van der Waals surface area contributed by atoms with E-state index >= 15 is 0 Å². The van der Waals surface area contributed by atoms with Gasteiger partial charge in [-0.2, -0.15) is 0 Å². The van der Waals surface area contributed by atoms with E-state index in [1.165, 1.54) is 19.2 Å². The summed E-state index contributed by atoms with van der Waals surface area (Å²) in [5.74, 6) is 0. The molecular weight excluding hydrogens is 150 g/mol. The smallest absolute Gasteiger partial charge is 0.0873 e. The van der Waals surface area contributed by atoms with Crippen LogP contribution in [0.25, 0.3) is 0 Å². The molecule has 0 rings (SSSR count). The van der Waals surface area contributed by atoms with Crippen LogP contribution in [0.2, 0.25) is 0 Å². The second-order valence-corrected chi connectivity index (χ2v) is 2.77. The third-order valence-electron chi connectivity index (χ3n) is 2.00. The molecule has 0 amide bonds. The van der Waals surface area contributed by atoms with Crippen molar-refractivity contribution in [3.63, 3.8) is 0 Å². The molecule has 0 saturated carbocycles. The molecule has 0 fully saturated rings. The quantitative estimate of drug-likeness (QED) is 0.410. The van der Waals surface area contributed by atoms with E-state index in [4.69, 9.17) is 4.74 Å². The molecule has 0 heterocycles. The average Bonchev–Trinajstić information content (AvgIpc) is 2.11. The predicted octanol–water partition coefficient (Wildman–Crippen LogP) is 2.27. The van der Waals surface area contributed by atoms with Gasteiger partial charge in [-0.15, -0.1) is 0 Å². The molecule has 0 aromatic rings. The summed E-state index contributed by atoms with van der Waals surface area (Å²) in [5.41, 5.74) is 0. The third kappa shape index (κ3) is 6.23. The molecule has 0 aliphatic heterocycles. The summed E-state index contributed by atoms with van der Waals surface area (Å²) in [6.45, 7) is 12.2. The van der Waals surface area contributed by atoms with E-state index in [0.29, 0.717) is 0 Å². The van der Waals surface area contributed by atoms with E-state index in [9.17, 15) is 0 Å². The molecule has 0 bridgehead atoms. The van der Waals surface area contributed by atoms with Gasteiger partial charge in [0.1, 0.15) is 0 Å². The zero-order valence-electron chi connectivity index (χ0n) is 8.38. The van der Waals surface area contributed by atoms with Crippen molar-refractivity contribution in [2.75, 3.05) is 26.2 Å². The molecule has 0 radical (unpaired) electrons. The Bertz CT molecular complexity index is 100. The molecule has 0 aliphatic carbocycles. The first-order valence-electron chi connectivity index (χ1n) is 4.80. The first-order chi connectivity index (χ1) is 5.85. The van der Waals surface area contributed by atoms with Gasteiger partial charge >= 0.3 is 0 Å². The normalized spacial score (nSPS) is 10.2. The maximum atomic E-state index is 5.03. The molecule has 0 N–H and O–H groups in total. The zero-order chi connectivity index (χ0) is 9.23. The van der Waals surface area contributed by atoms with Gasteiger partial charge in [0.2, 0.25) is 0 Å². The number of rotatable bonds is 8. The molecular formula is C10H21NO. The van der Waals surface area contributed by atoms with Gasteiger partial charge in [0.25, 0.3) is 0 Å². The lowest BCUT2D eigenvalue weighted by Crippen LogP contribution is -2.24. The lowest BCUT2D eigenvalue weighted by molar-refractivity contribution is 0.228. The molecule has 12 heavy (non-hydrogen) atoms. The van der Waals surface area contributed by atoms with Crippen LogP contribution >= 0.6 is 0 Å². The highest BCUT2D eigenvalue weighted by Gasteiger charge is 1.96. The fraction of sp³-hybridized carbons (Fsp3) is 0.800. The number of hydrogen-bond acceptors (Lipinski definition) is 2. The standard InChI is InChI=1S/C10H21NO/c1-4-11(5-2)9-7-8-10-12-6-3/h6H,3-5,7-10H2,1-2H3. The number of unbranched alkanes of at least 4 members (excludes halogenated alkanes) is 1. The van der Waals surface area contributed by atoms with Gasteiger partial charge in [-0.25, -0.2) is 0 Å². The van der Waals surface area contributed by atoms with Crippen molar-refractivity contribution < 1.29 is 4.74 Å². The van der Waals surface area contributed by atoms with Crippen molar-refractivity contribution in [2.24, 2.45) is 0 Å². The molecule has 2 nitrogen and oxygen atoms in total. The van der Waals surface area contributed by atoms with Crippen molar-refractivity contribution in [3.8, 4) is 0 Å². The summed E-state index contributed by atoms with van der Waals surface area (Å²) >= 11 is 0. The van der Waals surface area contributed by atoms with Crippen molar-refractivity contribution in [2.45, 2.75) is 26.7 Å². The first-order valence-corrected chi connectivity index (χ1v) is 4.80. The summed E-state index contributed by atoms with van der Waals surface area (Å²) in [7, 11) is 0. The van der Waals surface area contributed by atoms with Crippen molar-refractivity contribution in [3.05, 3.63) is 12.8 Å². The van der Waals surface area contributed by atoms with Crippen LogP contribution in [0.1, 0.15) is 26.7 Å². The van der Waals surface area contributed by atoms with Crippen molar-refractivity contribution in [1.29, 1.82) is 0 Å². The Kier molecular flexibility index (Phi) is 8.24. The van der Waals surface area contributed by atoms with Gasteiger partial charge in [0.05, 0.1) is 12.9 Å². The Morgan fingerprint density at radius 1 is 1.25 bits per heavy atom. The summed E-state index contributed by atoms with van der Waals surface area (Å²) < 4.78 is 5.03. The lowest BCUT2D eigenvalue weighted by Gasteiger charge is -2.17. The van der Waals surface area contributed by atoms with Crippen LogP contribution < -0.4 is 0 Å². The van der Waals surface area contributed by atoms with E-state index in [-0.39, 0.29) is 0 Å². The number of hydrogen-bond donors (Lipinski definition) is 0. The molecule has 0 aromatic heterocycles. The van der Waals surface area contributed by atoms with E-state index < -0.39 is 0 Å². The van der Waals surface area contributed by atoms with Crippen LogP contribution in [-0.2, 0) is 4.74 Å². The average molecular weight is 171 g/mol. The second kappa shape index (κ2) is 8.60. The first kappa shape index (κ1) is 11.5. The van der Waals surface area contributed by atoms with Crippen LogP contribution in [0.5, 0.6) is 0 Å². The van der Waals surface area contributed by atoms with Crippen LogP contribution in [-0.4, -0.2) is 31.1 Å². The second-order valence-electron chi connectivity index (χ2n) is 2.77. The van der Waals surface area contributed by atoms with Gasteiger partial charge in [0.15, 0.2) is 0 Å². The van der Waals surface area contributed by atoms with Gasteiger partial charge in [-0.05, 0) is 32.5 Å². The fourth-order valence-electron chi connectivity index (χ4n) is 1.14. The zero-order valence-corrected chi connectivity index (χ0v) is 8.38. The highest BCUT2D eigenvalue weighted by molar-refractivity contribution is 4.53. The largest absolute Gasteiger partial charge is 0.502 e. The Labute approximate surface area is 76.2 Å². The Morgan fingerprint density at radius 2 is 1.92 bits per heavy atom. The van der Waals surface area contributed by atoms with Crippen LogP contribution in [0.3, 0.4) is 0 Å². The molecule has 0 saturated heterocycles. The Morgan fingerprint density at radius 3 is 2.42 bits per heavy atom. The number of ether oxygens (including phenoxy) is 1. The molecule has 2 heteroatoms. The Balaban J connectivity index is 3.11. The van der Waals surface area contributed by atoms with Crippen LogP contribution in [0, 0.1) is 0 Å². The van der Waals surface area contributed by atoms with Crippen LogP contribution in [0.4, 0.5) is 0 Å². The topological polar surface area (TPSA) is 12.5 Å². The predicted molar refractivity (Wildman–Crippen MR) is 53.2 cm³/mol. The van der Waals surface area contributed by atoms with Crippen molar-refractivity contribution >= 4 is 0 Å². The molecule has 0 aromatic carbocycles. The minimum Gasteiger partial charge on any atom is -0.502 e. The SMILES string of the molecule is C=COCCCCN(CC)CC. The highest BCUT2D eigenvalue weighted by Crippen LogP contribution is 1.95. The fourth-order valence-corrected chi connectivity index (χ4v) is 1.14. The molecule has 72 valence electrons. The van der Waals surface area contributed by atoms with Crippen molar-refractivity contribution in [1.82, 2.24) is 4.90 Å². The molecule has 0 spiro atoms. The minimum absolute atomic E-state index is 0.810. The van der Waals surface area contributed by atoms with Gasteiger partial charge in [-0.3, -0.25) is 0 Å². The van der Waals surface area contributed by atoms with E-state index in [1.807, 2.05) is 0 Å². The van der Waals surface area contributed by atoms with E-state index in [1.54, 1.807) is 0 Å². The summed E-state index contributed by atoms with van der Waals surface area (Å²) in [5, 5.41) is 0. The molecule has 0 unspecified atom stereocenters. The van der Waals surface area contributed by atoms with E-state index in [2.05, 4.69) is 25.3 Å². The lowest BCUT2D eigenvalue weighted by atomic mass is 10.3. The Hall–Kier alpha value is -0.500. The maximum Gasteiger partial charge on any atom is 0.0873 e. The van der Waals surface area contributed by atoms with E-state index in [0.717, 1.165) is 26.1 Å². The monoisotopic (exact) mass is 171 g/mol. The van der Waals surface area contributed by atoms with Gasteiger partial charge < -0.3 is 9.64 Å². The highest BCUT2D eigenvalue weighted by atomic mass is 16.5. The molecule has 0 aliphatic rings. The maximum absolute atomic E-state index is 5.03. The van der Waals surface area contributed by atoms with Crippen LogP contribution in [0.15, 0.2) is 12.8 Å². The number of nitrogens with zero attached hydrogens (tertiary/aromatic N) is 1. The summed E-state index contributed by atoms with van der Waals surface area (Å²) in [6.07, 6.45) is 3.86.